The number of pyridine rings is 1. The van der Waals surface area contributed by atoms with Crippen molar-refractivity contribution < 1.29 is 13.2 Å². The van der Waals surface area contributed by atoms with Crippen molar-refractivity contribution in [2.45, 2.75) is 38.3 Å². The van der Waals surface area contributed by atoms with Crippen molar-refractivity contribution in [1.82, 2.24) is 9.29 Å². The van der Waals surface area contributed by atoms with Crippen LogP contribution < -0.4 is 10.2 Å². The van der Waals surface area contributed by atoms with Gasteiger partial charge in [0.2, 0.25) is 10.0 Å². The minimum Gasteiger partial charge on any atom is -0.380 e. The number of rotatable bonds is 4. The molecule has 9 heteroatoms. The van der Waals surface area contributed by atoms with E-state index < -0.39 is 15.6 Å². The highest BCUT2D eigenvalue weighted by atomic mass is 35.5. The summed E-state index contributed by atoms with van der Waals surface area (Å²) in [4.78, 5) is 19.2. The van der Waals surface area contributed by atoms with Gasteiger partial charge in [-0.1, -0.05) is 11.6 Å². The van der Waals surface area contributed by atoms with Gasteiger partial charge in [-0.3, -0.25) is 14.7 Å². The van der Waals surface area contributed by atoms with Crippen LogP contribution in [0.1, 0.15) is 42.6 Å². The van der Waals surface area contributed by atoms with Crippen LogP contribution in [0.15, 0.2) is 36.7 Å². The van der Waals surface area contributed by atoms with Crippen molar-refractivity contribution in [3.63, 3.8) is 0 Å². The second kappa shape index (κ2) is 7.51. The summed E-state index contributed by atoms with van der Waals surface area (Å²) < 4.78 is 25.3. The summed E-state index contributed by atoms with van der Waals surface area (Å²) in [6.07, 6.45) is 6.27. The van der Waals surface area contributed by atoms with Crippen LogP contribution in [0, 0.1) is 0 Å². The molecule has 4 rings (SSSR count). The number of aromatic nitrogens is 1. The highest BCUT2D eigenvalue weighted by molar-refractivity contribution is 7.88. The van der Waals surface area contributed by atoms with E-state index >= 15 is 0 Å². The Morgan fingerprint density at radius 2 is 2.00 bits per heavy atom. The fourth-order valence-corrected chi connectivity index (χ4v) is 5.45. The van der Waals surface area contributed by atoms with Crippen molar-refractivity contribution in [3.8, 4) is 0 Å². The lowest BCUT2D eigenvalue weighted by molar-refractivity contribution is 0.0982. The van der Waals surface area contributed by atoms with E-state index in [1.807, 2.05) is 26.0 Å². The minimum absolute atomic E-state index is 0.0104. The van der Waals surface area contributed by atoms with Gasteiger partial charge in [0.1, 0.15) is 0 Å². The molecule has 1 N–H and O–H groups in total. The van der Waals surface area contributed by atoms with Crippen LogP contribution in [0.4, 0.5) is 11.4 Å². The average molecular weight is 449 g/mol. The van der Waals surface area contributed by atoms with Gasteiger partial charge in [-0.25, -0.2) is 12.7 Å². The van der Waals surface area contributed by atoms with Crippen LogP contribution in [-0.2, 0) is 15.6 Å². The third-order valence-corrected chi connectivity index (χ3v) is 7.34. The van der Waals surface area contributed by atoms with Crippen LogP contribution in [0.25, 0.3) is 0 Å². The van der Waals surface area contributed by atoms with Crippen molar-refractivity contribution >= 4 is 38.9 Å². The topological polar surface area (TPSA) is 82.6 Å². The molecule has 3 heterocycles. The quantitative estimate of drug-likeness (QED) is 0.774. The number of halogens is 1. The first-order chi connectivity index (χ1) is 14.1. The Morgan fingerprint density at radius 3 is 2.73 bits per heavy atom. The number of hydrogen-bond donors (Lipinski definition) is 1. The molecule has 2 aliphatic heterocycles. The molecule has 30 heavy (non-hydrogen) atoms. The first-order valence-corrected chi connectivity index (χ1v) is 12.1. The lowest BCUT2D eigenvalue weighted by Gasteiger charge is -2.34. The van der Waals surface area contributed by atoms with Gasteiger partial charge >= 0.3 is 0 Å². The third-order valence-electron chi connectivity index (χ3n) is 5.84. The Balaban J connectivity index is 1.59. The molecule has 1 fully saturated rings. The molecule has 160 valence electrons. The fourth-order valence-electron chi connectivity index (χ4n) is 4.37. The summed E-state index contributed by atoms with van der Waals surface area (Å²) in [6.45, 7) is 4.93. The molecule has 0 radical (unpaired) electrons. The summed E-state index contributed by atoms with van der Waals surface area (Å²) >= 11 is 6.17. The highest BCUT2D eigenvalue weighted by Gasteiger charge is 2.44. The number of sulfonamides is 1. The second-order valence-electron chi connectivity index (χ2n) is 8.43. The van der Waals surface area contributed by atoms with E-state index in [2.05, 4.69) is 10.3 Å². The molecule has 1 aromatic carbocycles. The molecule has 0 bridgehead atoms. The number of piperidine rings is 1. The van der Waals surface area contributed by atoms with E-state index in [9.17, 15) is 13.2 Å². The van der Waals surface area contributed by atoms with Crippen LogP contribution in [-0.4, -0.2) is 49.0 Å². The van der Waals surface area contributed by atoms with Crippen molar-refractivity contribution in [3.05, 3.63) is 52.8 Å². The molecule has 2 aliphatic rings. The number of carbonyl (C=O) groups is 1. The number of hydrogen-bond acceptors (Lipinski definition) is 5. The number of fused-ring (bicyclic) bond motifs is 1. The molecule has 0 spiro atoms. The lowest BCUT2D eigenvalue weighted by atomic mass is 9.93. The molecule has 1 aromatic heterocycles. The van der Waals surface area contributed by atoms with E-state index in [1.165, 1.54) is 10.6 Å². The molecular weight excluding hydrogens is 424 g/mol. The largest absolute Gasteiger partial charge is 0.380 e. The van der Waals surface area contributed by atoms with Crippen molar-refractivity contribution in [1.29, 1.82) is 0 Å². The van der Waals surface area contributed by atoms with Gasteiger partial charge < -0.3 is 5.32 Å². The average Bonchev–Trinajstić information content (AvgIpc) is 2.87. The Bertz CT molecular complexity index is 1100. The summed E-state index contributed by atoms with van der Waals surface area (Å²) in [6, 6.07) is 7.21. The first kappa shape index (κ1) is 21.1. The normalized spacial score (nSPS) is 21.5. The van der Waals surface area contributed by atoms with E-state index in [4.69, 9.17) is 11.6 Å². The predicted molar refractivity (Wildman–Crippen MR) is 119 cm³/mol. The maximum atomic E-state index is 13.1. The van der Waals surface area contributed by atoms with Gasteiger partial charge in [0, 0.05) is 29.7 Å². The number of nitrogens with one attached hydrogen (secondary N) is 1. The number of carbonyl (C=O) groups excluding carboxylic acids is 1. The maximum absolute atomic E-state index is 13.1. The van der Waals surface area contributed by atoms with Crippen LogP contribution in [0.5, 0.6) is 0 Å². The molecule has 0 unspecified atom stereocenters. The third kappa shape index (κ3) is 3.79. The SMILES string of the molecule is CC1(C)c2cc(Cl)ccc2C(=O)N1c1cncc(N[C@H]2CCCN(S(C)(=O)=O)C2)c1. The number of anilines is 2. The smallest absolute Gasteiger partial charge is 0.259 e. The molecule has 0 aliphatic carbocycles. The zero-order valence-corrected chi connectivity index (χ0v) is 18.8. The predicted octanol–water partition coefficient (Wildman–Crippen LogP) is 3.47. The van der Waals surface area contributed by atoms with Crippen LogP contribution in [0.3, 0.4) is 0 Å². The van der Waals surface area contributed by atoms with Crippen molar-refractivity contribution in [2.24, 2.45) is 0 Å². The summed E-state index contributed by atoms with van der Waals surface area (Å²) in [5.74, 6) is -0.0912. The first-order valence-electron chi connectivity index (χ1n) is 9.88. The van der Waals surface area contributed by atoms with E-state index in [1.54, 1.807) is 29.4 Å². The molecule has 2 aromatic rings. The summed E-state index contributed by atoms with van der Waals surface area (Å²) in [5, 5.41) is 3.99. The van der Waals surface area contributed by atoms with Gasteiger partial charge in [-0.15, -0.1) is 0 Å². The Hall–Kier alpha value is -2.16. The number of benzene rings is 1. The lowest BCUT2D eigenvalue weighted by Crippen LogP contribution is -2.44. The van der Waals surface area contributed by atoms with Crippen LogP contribution in [0.2, 0.25) is 5.02 Å². The van der Waals surface area contributed by atoms with E-state index in [-0.39, 0.29) is 11.9 Å². The van der Waals surface area contributed by atoms with E-state index in [0.29, 0.717) is 29.4 Å². The molecule has 1 amide bonds. The van der Waals surface area contributed by atoms with Gasteiger partial charge in [0.25, 0.3) is 5.91 Å². The number of amides is 1. The zero-order valence-electron chi connectivity index (χ0n) is 17.2. The molecular formula is C21H25ClN4O3S. The minimum atomic E-state index is -3.22. The Kier molecular flexibility index (Phi) is 5.28. The Morgan fingerprint density at radius 1 is 1.23 bits per heavy atom. The molecule has 0 saturated carbocycles. The summed E-state index contributed by atoms with van der Waals surface area (Å²) in [5.41, 5.74) is 2.38. The Labute approximate surface area is 182 Å². The number of nitrogens with zero attached hydrogens (tertiary/aromatic N) is 3. The molecule has 7 nitrogen and oxygen atoms in total. The van der Waals surface area contributed by atoms with Crippen molar-refractivity contribution in [2.75, 3.05) is 29.6 Å². The van der Waals surface area contributed by atoms with Gasteiger partial charge in [-0.2, -0.15) is 0 Å². The van der Waals surface area contributed by atoms with Crippen LogP contribution >= 0.6 is 11.6 Å². The standard InChI is InChI=1S/C21H25ClN4O3S/c1-21(2)19-9-14(22)6-7-18(19)20(27)26(21)17-10-16(11-23-12-17)24-15-5-4-8-25(13-15)30(3,28)29/h6-7,9-12,15,24H,4-5,8,13H2,1-3H3/t15-/m0/s1. The van der Waals surface area contributed by atoms with Gasteiger partial charge in [0.05, 0.1) is 35.6 Å². The zero-order chi connectivity index (χ0) is 21.7. The monoisotopic (exact) mass is 448 g/mol. The van der Waals surface area contributed by atoms with Gasteiger partial charge in [-0.05, 0) is 56.5 Å². The maximum Gasteiger partial charge on any atom is 0.259 e. The molecule has 1 atom stereocenters. The fraction of sp³-hybridized carbons (Fsp3) is 0.429. The second-order valence-corrected chi connectivity index (χ2v) is 10.8. The van der Waals surface area contributed by atoms with E-state index in [0.717, 1.165) is 24.1 Å². The molecule has 1 saturated heterocycles. The highest BCUT2D eigenvalue weighted by Crippen LogP contribution is 2.43. The van der Waals surface area contributed by atoms with Gasteiger partial charge in [0.15, 0.2) is 0 Å². The summed E-state index contributed by atoms with van der Waals surface area (Å²) in [7, 11) is -3.22.